The van der Waals surface area contributed by atoms with Crippen LogP contribution in [-0.2, 0) is 9.53 Å². The summed E-state index contributed by atoms with van der Waals surface area (Å²) in [4.78, 5) is 13.3. The maximum absolute atomic E-state index is 11.1. The minimum Gasteiger partial charge on any atom is -0.381 e. The van der Waals surface area contributed by atoms with Crippen molar-refractivity contribution in [1.29, 1.82) is 0 Å². The van der Waals surface area contributed by atoms with Crippen molar-refractivity contribution in [2.24, 2.45) is 5.41 Å². The van der Waals surface area contributed by atoms with E-state index in [-0.39, 0.29) is 5.91 Å². The molecule has 1 spiro atoms. The Labute approximate surface area is 84.6 Å². The molecule has 4 nitrogen and oxygen atoms in total. The summed E-state index contributed by atoms with van der Waals surface area (Å²) in [6.45, 7) is 4.49. The monoisotopic (exact) mass is 198 g/mol. The lowest BCUT2D eigenvalue weighted by atomic mass is 9.73. The fourth-order valence-corrected chi connectivity index (χ4v) is 2.42. The molecule has 4 heteroatoms. The van der Waals surface area contributed by atoms with E-state index in [0.29, 0.717) is 12.0 Å². The zero-order valence-corrected chi connectivity index (χ0v) is 8.71. The second-order valence-corrected chi connectivity index (χ2v) is 4.43. The van der Waals surface area contributed by atoms with Gasteiger partial charge in [-0.3, -0.25) is 9.69 Å². The second-order valence-electron chi connectivity index (χ2n) is 4.43. The van der Waals surface area contributed by atoms with Gasteiger partial charge in [-0.05, 0) is 12.8 Å². The summed E-state index contributed by atoms with van der Waals surface area (Å²) in [5.41, 5.74) is 0.478. The molecule has 2 fully saturated rings. The van der Waals surface area contributed by atoms with Crippen molar-refractivity contribution in [1.82, 2.24) is 10.2 Å². The number of hydrogen-bond acceptors (Lipinski definition) is 3. The number of likely N-dealkylation sites (tertiary alicyclic amines) is 1. The molecule has 0 atom stereocenters. The number of hydrogen-bond donors (Lipinski definition) is 1. The number of ether oxygens (including phenoxy) is 1. The quantitative estimate of drug-likeness (QED) is 0.670. The number of carbonyl (C=O) groups excluding carboxylic acids is 1. The first-order chi connectivity index (χ1) is 6.74. The van der Waals surface area contributed by atoms with Gasteiger partial charge in [-0.25, -0.2) is 0 Å². The van der Waals surface area contributed by atoms with Crippen LogP contribution in [0.2, 0.25) is 0 Å². The molecule has 0 aliphatic carbocycles. The molecule has 0 bridgehead atoms. The molecule has 14 heavy (non-hydrogen) atoms. The highest BCUT2D eigenvalue weighted by atomic mass is 16.5. The third-order valence-corrected chi connectivity index (χ3v) is 3.32. The first kappa shape index (κ1) is 9.93. The number of nitrogens with one attached hydrogen (secondary N) is 1. The van der Waals surface area contributed by atoms with E-state index in [1.165, 1.54) is 0 Å². The molecular formula is C10H18N2O2. The Morgan fingerprint density at radius 1 is 1.43 bits per heavy atom. The normalized spacial score (nSPS) is 25.8. The Morgan fingerprint density at radius 3 is 2.64 bits per heavy atom. The summed E-state index contributed by atoms with van der Waals surface area (Å²) in [6.07, 6.45) is 2.33. The molecule has 2 rings (SSSR count). The lowest BCUT2D eigenvalue weighted by Gasteiger charge is -2.52. The maximum Gasteiger partial charge on any atom is 0.233 e. The molecule has 0 aromatic rings. The minimum atomic E-state index is 0.118. The molecule has 0 saturated carbocycles. The average Bonchev–Trinajstić information content (AvgIpc) is 2.17. The first-order valence-corrected chi connectivity index (χ1v) is 5.25. The van der Waals surface area contributed by atoms with Crippen molar-refractivity contribution in [2.45, 2.75) is 12.8 Å². The summed E-state index contributed by atoms with van der Waals surface area (Å²) in [5.74, 6) is 0.118. The topological polar surface area (TPSA) is 41.6 Å². The van der Waals surface area contributed by atoms with E-state index in [0.717, 1.165) is 39.1 Å². The highest BCUT2D eigenvalue weighted by molar-refractivity contribution is 5.77. The smallest absolute Gasteiger partial charge is 0.233 e. The zero-order valence-electron chi connectivity index (χ0n) is 8.71. The van der Waals surface area contributed by atoms with Crippen molar-refractivity contribution >= 4 is 5.91 Å². The highest BCUT2D eigenvalue weighted by Gasteiger charge is 2.43. The number of carbonyl (C=O) groups is 1. The van der Waals surface area contributed by atoms with E-state index >= 15 is 0 Å². The molecule has 2 aliphatic rings. The van der Waals surface area contributed by atoms with Crippen molar-refractivity contribution < 1.29 is 9.53 Å². The van der Waals surface area contributed by atoms with Crippen LogP contribution in [0.4, 0.5) is 0 Å². The molecular weight excluding hydrogens is 180 g/mol. The van der Waals surface area contributed by atoms with Crippen LogP contribution in [0.1, 0.15) is 12.8 Å². The van der Waals surface area contributed by atoms with Crippen LogP contribution in [0.3, 0.4) is 0 Å². The Morgan fingerprint density at radius 2 is 2.07 bits per heavy atom. The van der Waals surface area contributed by atoms with E-state index in [9.17, 15) is 4.79 Å². The van der Waals surface area contributed by atoms with Crippen LogP contribution in [0.25, 0.3) is 0 Å². The molecule has 80 valence electrons. The molecule has 1 N–H and O–H groups in total. The summed E-state index contributed by atoms with van der Waals surface area (Å²) in [7, 11) is 1.69. The van der Waals surface area contributed by atoms with Crippen LogP contribution >= 0.6 is 0 Å². The fourth-order valence-electron chi connectivity index (χ4n) is 2.42. The molecule has 0 radical (unpaired) electrons. The van der Waals surface area contributed by atoms with Crippen molar-refractivity contribution in [3.63, 3.8) is 0 Å². The summed E-state index contributed by atoms with van der Waals surface area (Å²) < 4.78 is 5.34. The summed E-state index contributed by atoms with van der Waals surface area (Å²) in [5, 5.41) is 2.65. The van der Waals surface area contributed by atoms with Gasteiger partial charge in [-0.2, -0.15) is 0 Å². The van der Waals surface area contributed by atoms with Gasteiger partial charge >= 0.3 is 0 Å². The largest absolute Gasteiger partial charge is 0.381 e. The lowest BCUT2D eigenvalue weighted by Crippen LogP contribution is -2.60. The van der Waals surface area contributed by atoms with Gasteiger partial charge in [-0.1, -0.05) is 0 Å². The van der Waals surface area contributed by atoms with Crippen LogP contribution < -0.4 is 5.32 Å². The van der Waals surface area contributed by atoms with Crippen molar-refractivity contribution in [2.75, 3.05) is 39.9 Å². The van der Waals surface area contributed by atoms with Gasteiger partial charge in [0.05, 0.1) is 6.54 Å². The van der Waals surface area contributed by atoms with Gasteiger partial charge in [-0.15, -0.1) is 0 Å². The Balaban J connectivity index is 1.75. The Hall–Kier alpha value is -0.610. The van der Waals surface area contributed by atoms with Gasteiger partial charge in [0.1, 0.15) is 0 Å². The second kappa shape index (κ2) is 3.87. The van der Waals surface area contributed by atoms with Crippen LogP contribution in [0.15, 0.2) is 0 Å². The third-order valence-electron chi connectivity index (χ3n) is 3.32. The lowest BCUT2D eigenvalue weighted by molar-refractivity contribution is -0.128. The third kappa shape index (κ3) is 1.91. The van der Waals surface area contributed by atoms with Crippen LogP contribution in [0, 0.1) is 5.41 Å². The van der Waals surface area contributed by atoms with Crippen molar-refractivity contribution in [3.8, 4) is 0 Å². The predicted octanol–water partition coefficient (Wildman–Crippen LogP) is -0.155. The van der Waals surface area contributed by atoms with E-state index in [4.69, 9.17) is 4.74 Å². The molecule has 0 unspecified atom stereocenters. The Bertz CT molecular complexity index is 216. The van der Waals surface area contributed by atoms with Gasteiger partial charge in [0.15, 0.2) is 0 Å². The number of rotatable bonds is 2. The highest BCUT2D eigenvalue weighted by Crippen LogP contribution is 2.39. The average molecular weight is 198 g/mol. The molecule has 2 aliphatic heterocycles. The molecule has 2 heterocycles. The number of amides is 1. The maximum atomic E-state index is 11.1. The van der Waals surface area contributed by atoms with Gasteiger partial charge in [0, 0.05) is 38.8 Å². The molecule has 1 amide bonds. The number of nitrogens with zero attached hydrogens (tertiary/aromatic N) is 1. The first-order valence-electron chi connectivity index (χ1n) is 5.25. The molecule has 0 aromatic carbocycles. The van der Waals surface area contributed by atoms with Crippen LogP contribution in [0.5, 0.6) is 0 Å². The zero-order chi connectivity index (χ0) is 10.0. The minimum absolute atomic E-state index is 0.118. The summed E-state index contributed by atoms with van der Waals surface area (Å²) >= 11 is 0. The van der Waals surface area contributed by atoms with E-state index in [1.807, 2.05) is 0 Å². The van der Waals surface area contributed by atoms with Gasteiger partial charge in [0.2, 0.25) is 5.91 Å². The standard InChI is InChI=1S/C10H18N2O2/c1-11-9(13)6-12-7-10(8-12)2-4-14-5-3-10/h2-8H2,1H3,(H,11,13). The Kier molecular flexibility index (Phi) is 2.74. The van der Waals surface area contributed by atoms with Crippen LogP contribution in [-0.4, -0.2) is 50.7 Å². The molecule has 2 saturated heterocycles. The van der Waals surface area contributed by atoms with Gasteiger partial charge in [0.25, 0.3) is 0 Å². The van der Waals surface area contributed by atoms with Crippen molar-refractivity contribution in [3.05, 3.63) is 0 Å². The fraction of sp³-hybridized carbons (Fsp3) is 0.900. The van der Waals surface area contributed by atoms with E-state index in [1.54, 1.807) is 7.05 Å². The van der Waals surface area contributed by atoms with Gasteiger partial charge < -0.3 is 10.1 Å². The predicted molar refractivity (Wildman–Crippen MR) is 53.0 cm³/mol. The molecule has 0 aromatic heterocycles. The van der Waals surface area contributed by atoms with E-state index < -0.39 is 0 Å². The van der Waals surface area contributed by atoms with E-state index in [2.05, 4.69) is 10.2 Å². The summed E-state index contributed by atoms with van der Waals surface area (Å²) in [6, 6.07) is 0. The SMILES string of the molecule is CNC(=O)CN1CC2(CCOCC2)C1. The number of likely N-dealkylation sites (N-methyl/N-ethyl adjacent to an activating group) is 1.